The molecule has 0 aliphatic rings. The number of fused-ring (bicyclic) bond motifs is 1. The molecule has 0 saturated carbocycles. The van der Waals surface area contributed by atoms with Gasteiger partial charge in [0.05, 0.1) is 17.1 Å². The first-order chi connectivity index (χ1) is 15.1. The van der Waals surface area contributed by atoms with E-state index in [1.54, 1.807) is 48.7 Å². The molecule has 0 aliphatic heterocycles. The second-order valence-corrected chi connectivity index (χ2v) is 6.96. The predicted octanol–water partition coefficient (Wildman–Crippen LogP) is 5.86. The molecule has 4 rings (SSSR count). The summed E-state index contributed by atoms with van der Waals surface area (Å²) >= 11 is 0. The van der Waals surface area contributed by atoms with E-state index in [1.807, 2.05) is 43.3 Å². The minimum absolute atomic E-state index is 0.225. The number of rotatable bonds is 5. The Labute approximate surface area is 180 Å². The molecule has 150 valence electrons. The number of para-hydroxylation sites is 1. The van der Waals surface area contributed by atoms with Gasteiger partial charge >= 0.3 is 0 Å². The van der Waals surface area contributed by atoms with Crippen LogP contribution in [0, 0.1) is 18.3 Å². The lowest BCUT2D eigenvalue weighted by Crippen LogP contribution is -2.09. The molecule has 4 aromatic rings. The summed E-state index contributed by atoms with van der Waals surface area (Å²) in [5.74, 6) is 1.07. The van der Waals surface area contributed by atoms with E-state index in [0.717, 1.165) is 22.0 Å². The number of carbonyl (C=O) groups is 1. The molecule has 0 fully saturated rings. The van der Waals surface area contributed by atoms with Crippen molar-refractivity contribution < 1.29 is 9.53 Å². The number of benzene rings is 3. The SMILES string of the molecule is Cc1cc(Oc2ccc(C#N)cc2)ccc1NC(=O)/C=C/c1cccc2cccnc12. The average molecular weight is 405 g/mol. The maximum atomic E-state index is 12.4. The molecule has 5 heteroatoms. The van der Waals surface area contributed by atoms with Gasteiger partial charge in [-0.2, -0.15) is 5.26 Å². The molecule has 0 unspecified atom stereocenters. The minimum atomic E-state index is -0.225. The predicted molar refractivity (Wildman–Crippen MR) is 122 cm³/mol. The van der Waals surface area contributed by atoms with Crippen LogP contribution < -0.4 is 10.1 Å². The molecule has 0 saturated heterocycles. The minimum Gasteiger partial charge on any atom is -0.457 e. The van der Waals surface area contributed by atoms with Crippen molar-refractivity contribution in [1.29, 1.82) is 5.26 Å². The molecular weight excluding hydrogens is 386 g/mol. The Hall–Kier alpha value is -4.43. The summed E-state index contributed by atoms with van der Waals surface area (Å²) < 4.78 is 5.82. The Morgan fingerprint density at radius 2 is 1.81 bits per heavy atom. The molecule has 1 aromatic heterocycles. The van der Waals surface area contributed by atoms with Crippen LogP contribution in [0.3, 0.4) is 0 Å². The van der Waals surface area contributed by atoms with Crippen molar-refractivity contribution in [2.75, 3.05) is 5.32 Å². The highest BCUT2D eigenvalue weighted by Crippen LogP contribution is 2.26. The normalized spacial score (nSPS) is 10.7. The maximum Gasteiger partial charge on any atom is 0.248 e. The number of hydrogen-bond donors (Lipinski definition) is 1. The summed E-state index contributed by atoms with van der Waals surface area (Å²) in [6.07, 6.45) is 5.01. The van der Waals surface area contributed by atoms with Crippen LogP contribution in [0.4, 0.5) is 5.69 Å². The lowest BCUT2D eigenvalue weighted by Gasteiger charge is -2.10. The van der Waals surface area contributed by atoms with Crippen LogP contribution in [0.25, 0.3) is 17.0 Å². The lowest BCUT2D eigenvalue weighted by atomic mass is 10.1. The van der Waals surface area contributed by atoms with Crippen LogP contribution in [0.1, 0.15) is 16.7 Å². The first-order valence-corrected chi connectivity index (χ1v) is 9.74. The van der Waals surface area contributed by atoms with Gasteiger partial charge in [0.25, 0.3) is 0 Å². The van der Waals surface area contributed by atoms with Crippen molar-refractivity contribution >= 4 is 28.6 Å². The van der Waals surface area contributed by atoms with Gasteiger partial charge in [-0.3, -0.25) is 9.78 Å². The average Bonchev–Trinajstić information content (AvgIpc) is 2.80. The number of nitrogens with one attached hydrogen (secondary N) is 1. The second kappa shape index (κ2) is 8.93. The Bertz CT molecular complexity index is 1310. The van der Waals surface area contributed by atoms with Crippen molar-refractivity contribution in [3.63, 3.8) is 0 Å². The van der Waals surface area contributed by atoms with Gasteiger partial charge in [0.15, 0.2) is 0 Å². The zero-order valence-electron chi connectivity index (χ0n) is 16.9. The number of carbonyl (C=O) groups excluding carboxylic acids is 1. The number of nitriles is 1. The number of ether oxygens (including phenoxy) is 1. The lowest BCUT2D eigenvalue weighted by molar-refractivity contribution is -0.111. The quantitative estimate of drug-likeness (QED) is 0.422. The molecule has 3 aromatic carbocycles. The van der Waals surface area contributed by atoms with E-state index < -0.39 is 0 Å². The van der Waals surface area contributed by atoms with E-state index in [1.165, 1.54) is 6.08 Å². The molecule has 1 heterocycles. The van der Waals surface area contributed by atoms with Crippen molar-refractivity contribution in [2.24, 2.45) is 0 Å². The third-order valence-corrected chi connectivity index (χ3v) is 4.75. The van der Waals surface area contributed by atoms with Gasteiger partial charge in [0.2, 0.25) is 5.91 Å². The molecule has 0 aliphatic carbocycles. The van der Waals surface area contributed by atoms with Crippen molar-refractivity contribution in [3.05, 3.63) is 102 Å². The first kappa shape index (κ1) is 19.9. The van der Waals surface area contributed by atoms with Gasteiger partial charge in [-0.05, 0) is 67.1 Å². The first-order valence-electron chi connectivity index (χ1n) is 9.74. The van der Waals surface area contributed by atoms with E-state index in [4.69, 9.17) is 10.00 Å². The van der Waals surface area contributed by atoms with E-state index in [0.29, 0.717) is 22.7 Å². The summed E-state index contributed by atoms with van der Waals surface area (Å²) in [6.45, 7) is 1.90. The molecule has 0 bridgehead atoms. The fourth-order valence-electron chi connectivity index (χ4n) is 3.18. The number of anilines is 1. The summed E-state index contributed by atoms with van der Waals surface area (Å²) in [4.78, 5) is 16.8. The van der Waals surface area contributed by atoms with Gasteiger partial charge in [-0.1, -0.05) is 24.3 Å². The molecular formula is C26H19N3O2. The molecule has 1 amide bonds. The third-order valence-electron chi connectivity index (χ3n) is 4.75. The largest absolute Gasteiger partial charge is 0.457 e. The maximum absolute atomic E-state index is 12.4. The Balaban J connectivity index is 1.44. The Morgan fingerprint density at radius 1 is 1.03 bits per heavy atom. The van der Waals surface area contributed by atoms with Crippen LogP contribution in [0.5, 0.6) is 11.5 Å². The summed E-state index contributed by atoms with van der Waals surface area (Å²) in [5, 5.41) is 12.8. The smallest absolute Gasteiger partial charge is 0.248 e. The van der Waals surface area contributed by atoms with Crippen molar-refractivity contribution in [3.8, 4) is 17.6 Å². The molecule has 0 atom stereocenters. The van der Waals surface area contributed by atoms with E-state index >= 15 is 0 Å². The van der Waals surface area contributed by atoms with Crippen LogP contribution in [-0.4, -0.2) is 10.9 Å². The fraction of sp³-hybridized carbons (Fsp3) is 0.0385. The van der Waals surface area contributed by atoms with Crippen LogP contribution in [0.15, 0.2) is 85.1 Å². The number of hydrogen-bond acceptors (Lipinski definition) is 4. The highest BCUT2D eigenvalue weighted by molar-refractivity contribution is 6.03. The summed E-state index contributed by atoms with van der Waals surface area (Å²) in [7, 11) is 0. The number of nitrogens with zero attached hydrogens (tertiary/aromatic N) is 2. The zero-order chi connectivity index (χ0) is 21.6. The van der Waals surface area contributed by atoms with E-state index in [9.17, 15) is 4.79 Å². The molecule has 31 heavy (non-hydrogen) atoms. The molecule has 5 nitrogen and oxygen atoms in total. The van der Waals surface area contributed by atoms with E-state index in [-0.39, 0.29) is 5.91 Å². The van der Waals surface area contributed by atoms with Crippen molar-refractivity contribution in [1.82, 2.24) is 4.98 Å². The Kier molecular flexibility index (Phi) is 5.72. The summed E-state index contributed by atoms with van der Waals surface area (Å²) in [5.41, 5.74) is 3.90. The third kappa shape index (κ3) is 4.77. The highest BCUT2D eigenvalue weighted by atomic mass is 16.5. The summed E-state index contributed by atoms with van der Waals surface area (Å²) in [6, 6.07) is 24.2. The van der Waals surface area contributed by atoms with Crippen molar-refractivity contribution in [2.45, 2.75) is 6.92 Å². The van der Waals surface area contributed by atoms with Crippen LogP contribution in [0.2, 0.25) is 0 Å². The second-order valence-electron chi connectivity index (χ2n) is 6.96. The number of aryl methyl sites for hydroxylation is 1. The Morgan fingerprint density at radius 3 is 2.58 bits per heavy atom. The van der Waals surface area contributed by atoms with Gasteiger partial charge < -0.3 is 10.1 Å². The number of pyridine rings is 1. The van der Waals surface area contributed by atoms with Gasteiger partial charge in [-0.15, -0.1) is 0 Å². The van der Waals surface area contributed by atoms with E-state index in [2.05, 4.69) is 16.4 Å². The van der Waals surface area contributed by atoms with Gasteiger partial charge in [0, 0.05) is 28.9 Å². The molecule has 0 spiro atoms. The topological polar surface area (TPSA) is 75.0 Å². The highest BCUT2D eigenvalue weighted by Gasteiger charge is 2.06. The van der Waals surface area contributed by atoms with Gasteiger partial charge in [0.1, 0.15) is 11.5 Å². The number of aromatic nitrogens is 1. The number of amides is 1. The molecule has 0 radical (unpaired) electrons. The standard InChI is InChI=1S/C26H19N3O2/c1-18-16-23(31-22-10-7-19(17-27)8-11-22)12-13-24(18)29-25(30)14-9-21-5-2-4-20-6-3-15-28-26(20)21/h2-16H,1H3,(H,29,30)/b14-9+. The monoisotopic (exact) mass is 405 g/mol. The zero-order valence-corrected chi connectivity index (χ0v) is 16.9. The van der Waals surface area contributed by atoms with Gasteiger partial charge in [-0.25, -0.2) is 0 Å². The van der Waals surface area contributed by atoms with Crippen LogP contribution in [-0.2, 0) is 4.79 Å². The fourth-order valence-corrected chi connectivity index (χ4v) is 3.18. The molecule has 1 N–H and O–H groups in total. The van der Waals surface area contributed by atoms with Crippen LogP contribution >= 0.6 is 0 Å².